The van der Waals surface area contributed by atoms with Crippen molar-refractivity contribution in [1.29, 1.82) is 0 Å². The van der Waals surface area contributed by atoms with Gasteiger partial charge in [-0.3, -0.25) is 4.79 Å². The summed E-state index contributed by atoms with van der Waals surface area (Å²) in [5.74, 6) is 2.19. The monoisotopic (exact) mass is 414 g/mol. The highest BCUT2D eigenvalue weighted by atomic mass is 16.2. The van der Waals surface area contributed by atoms with Gasteiger partial charge in [0.05, 0.1) is 16.6 Å². The Morgan fingerprint density at radius 3 is 3.00 bits per heavy atom. The SMILES string of the molecule is Cc1ccc2ncnc(NCCC(=O)N3CCCC(c4nc5ccccc5[nH]4)C3)c2c1. The van der Waals surface area contributed by atoms with Crippen LogP contribution >= 0.6 is 0 Å². The third-order valence-electron chi connectivity index (χ3n) is 5.99. The first-order valence-electron chi connectivity index (χ1n) is 10.8. The molecule has 158 valence electrons. The molecule has 31 heavy (non-hydrogen) atoms. The maximum Gasteiger partial charge on any atom is 0.224 e. The number of fused-ring (bicyclic) bond motifs is 2. The van der Waals surface area contributed by atoms with Crippen molar-refractivity contribution in [2.45, 2.75) is 32.1 Å². The van der Waals surface area contributed by atoms with Crippen LogP contribution in [0.15, 0.2) is 48.8 Å². The topological polar surface area (TPSA) is 86.8 Å². The van der Waals surface area contributed by atoms with E-state index in [2.05, 4.69) is 33.3 Å². The Bertz CT molecular complexity index is 1200. The number of likely N-dealkylation sites (tertiary alicyclic amines) is 1. The van der Waals surface area contributed by atoms with Gasteiger partial charge in [0.2, 0.25) is 5.91 Å². The van der Waals surface area contributed by atoms with Crippen LogP contribution in [0, 0.1) is 6.92 Å². The van der Waals surface area contributed by atoms with E-state index in [0.29, 0.717) is 19.5 Å². The molecule has 7 nitrogen and oxygen atoms in total. The summed E-state index contributed by atoms with van der Waals surface area (Å²) in [5.41, 5.74) is 4.10. The second-order valence-electron chi connectivity index (χ2n) is 8.24. The number of rotatable bonds is 5. The van der Waals surface area contributed by atoms with Gasteiger partial charge in [0.1, 0.15) is 18.0 Å². The number of hydrogen-bond donors (Lipinski definition) is 2. The summed E-state index contributed by atoms with van der Waals surface area (Å²) >= 11 is 0. The zero-order chi connectivity index (χ0) is 21.2. The van der Waals surface area contributed by atoms with Crippen LogP contribution in [0.5, 0.6) is 0 Å². The average Bonchev–Trinajstić information content (AvgIpc) is 3.24. The molecule has 4 aromatic rings. The standard InChI is InChI=1S/C24H26N6O/c1-16-8-9-19-18(13-16)24(27-15-26-19)25-11-10-22(31)30-12-4-5-17(14-30)23-28-20-6-2-3-7-21(20)29-23/h2-3,6-9,13,15,17H,4-5,10-12,14H2,1H3,(H,28,29)(H,25,26,27). The predicted octanol–water partition coefficient (Wildman–Crippen LogP) is 4.02. The largest absolute Gasteiger partial charge is 0.369 e. The van der Waals surface area contributed by atoms with Crippen LogP contribution < -0.4 is 5.32 Å². The molecule has 0 radical (unpaired) electrons. The molecule has 2 aromatic heterocycles. The molecule has 2 N–H and O–H groups in total. The number of carbonyl (C=O) groups is 1. The van der Waals surface area contributed by atoms with Gasteiger partial charge >= 0.3 is 0 Å². The summed E-state index contributed by atoms with van der Waals surface area (Å²) in [4.78, 5) is 31.7. The number of aromatic nitrogens is 4. The van der Waals surface area contributed by atoms with E-state index in [1.165, 1.54) is 0 Å². The van der Waals surface area contributed by atoms with Crippen LogP contribution in [0.25, 0.3) is 21.9 Å². The number of hydrogen-bond acceptors (Lipinski definition) is 5. The van der Waals surface area contributed by atoms with E-state index in [1.54, 1.807) is 6.33 Å². The molecule has 1 saturated heterocycles. The van der Waals surface area contributed by atoms with E-state index in [4.69, 9.17) is 4.98 Å². The Balaban J connectivity index is 1.21. The average molecular weight is 415 g/mol. The second kappa shape index (κ2) is 8.34. The molecular weight excluding hydrogens is 388 g/mol. The fraction of sp³-hybridized carbons (Fsp3) is 0.333. The molecule has 1 aliphatic heterocycles. The van der Waals surface area contributed by atoms with Gasteiger partial charge in [-0.2, -0.15) is 0 Å². The van der Waals surface area contributed by atoms with Crippen molar-refractivity contribution in [2.24, 2.45) is 0 Å². The summed E-state index contributed by atoms with van der Waals surface area (Å²) in [6.07, 6.45) is 4.04. The zero-order valence-corrected chi connectivity index (χ0v) is 17.6. The molecule has 0 aliphatic carbocycles. The number of aromatic amines is 1. The van der Waals surface area contributed by atoms with Gasteiger partial charge in [0, 0.05) is 37.4 Å². The minimum Gasteiger partial charge on any atom is -0.369 e. The lowest BCUT2D eigenvalue weighted by Gasteiger charge is -2.32. The minimum absolute atomic E-state index is 0.169. The maximum absolute atomic E-state index is 12.9. The van der Waals surface area contributed by atoms with Crippen molar-refractivity contribution in [3.8, 4) is 0 Å². The number of carbonyl (C=O) groups excluding carboxylic acids is 1. The third-order valence-corrected chi connectivity index (χ3v) is 5.99. The Labute approximate surface area is 180 Å². The van der Waals surface area contributed by atoms with Crippen LogP contribution in [0.3, 0.4) is 0 Å². The normalized spacial score (nSPS) is 16.7. The summed E-state index contributed by atoms with van der Waals surface area (Å²) in [7, 11) is 0. The first-order chi connectivity index (χ1) is 15.2. The van der Waals surface area contributed by atoms with Gasteiger partial charge in [-0.15, -0.1) is 0 Å². The minimum atomic E-state index is 0.169. The fourth-order valence-electron chi connectivity index (χ4n) is 4.35. The lowest BCUT2D eigenvalue weighted by Crippen LogP contribution is -2.40. The van der Waals surface area contributed by atoms with Crippen molar-refractivity contribution < 1.29 is 4.79 Å². The molecule has 7 heteroatoms. The lowest BCUT2D eigenvalue weighted by molar-refractivity contribution is -0.132. The van der Waals surface area contributed by atoms with E-state index in [1.807, 2.05) is 41.3 Å². The number of nitrogens with one attached hydrogen (secondary N) is 2. The Kier molecular flexibility index (Phi) is 5.24. The van der Waals surface area contributed by atoms with Gasteiger partial charge in [0.15, 0.2) is 0 Å². The number of para-hydroxylation sites is 2. The van der Waals surface area contributed by atoms with Crippen LogP contribution in [0.1, 0.15) is 36.6 Å². The van der Waals surface area contributed by atoms with E-state index in [0.717, 1.165) is 58.5 Å². The fourth-order valence-corrected chi connectivity index (χ4v) is 4.35. The third kappa shape index (κ3) is 4.08. The smallest absolute Gasteiger partial charge is 0.224 e. The number of aryl methyl sites for hydroxylation is 1. The Hall–Kier alpha value is -3.48. The highest BCUT2D eigenvalue weighted by Gasteiger charge is 2.26. The van der Waals surface area contributed by atoms with Crippen molar-refractivity contribution in [2.75, 3.05) is 25.0 Å². The molecule has 0 spiro atoms. The molecule has 1 amide bonds. The van der Waals surface area contributed by atoms with Crippen LogP contribution in [0.4, 0.5) is 5.82 Å². The van der Waals surface area contributed by atoms with E-state index in [9.17, 15) is 4.79 Å². The molecule has 1 fully saturated rings. The van der Waals surface area contributed by atoms with Crippen LogP contribution in [-0.4, -0.2) is 50.4 Å². The number of amides is 1. The number of H-pyrrole nitrogens is 1. The summed E-state index contributed by atoms with van der Waals surface area (Å²) < 4.78 is 0. The molecule has 0 bridgehead atoms. The van der Waals surface area contributed by atoms with Crippen molar-refractivity contribution in [3.63, 3.8) is 0 Å². The highest BCUT2D eigenvalue weighted by Crippen LogP contribution is 2.27. The highest BCUT2D eigenvalue weighted by molar-refractivity contribution is 5.89. The molecule has 3 heterocycles. The van der Waals surface area contributed by atoms with E-state index >= 15 is 0 Å². The van der Waals surface area contributed by atoms with Crippen LogP contribution in [-0.2, 0) is 4.79 Å². The summed E-state index contributed by atoms with van der Waals surface area (Å²) in [6.45, 7) is 4.12. The Morgan fingerprint density at radius 1 is 1.19 bits per heavy atom. The van der Waals surface area contributed by atoms with E-state index < -0.39 is 0 Å². The number of piperidine rings is 1. The molecule has 1 aliphatic rings. The number of anilines is 1. The second-order valence-corrected chi connectivity index (χ2v) is 8.24. The predicted molar refractivity (Wildman–Crippen MR) is 122 cm³/mol. The lowest BCUT2D eigenvalue weighted by atomic mass is 9.97. The maximum atomic E-state index is 12.9. The van der Waals surface area contributed by atoms with Gasteiger partial charge < -0.3 is 15.2 Å². The van der Waals surface area contributed by atoms with Gasteiger partial charge in [-0.1, -0.05) is 23.8 Å². The van der Waals surface area contributed by atoms with E-state index in [-0.39, 0.29) is 11.8 Å². The van der Waals surface area contributed by atoms with Crippen LogP contribution in [0.2, 0.25) is 0 Å². The molecule has 2 aromatic carbocycles. The van der Waals surface area contributed by atoms with Crippen molar-refractivity contribution in [1.82, 2.24) is 24.8 Å². The summed E-state index contributed by atoms with van der Waals surface area (Å²) in [6, 6.07) is 14.2. The first-order valence-corrected chi connectivity index (χ1v) is 10.8. The molecule has 1 unspecified atom stereocenters. The Morgan fingerprint density at radius 2 is 2.10 bits per heavy atom. The van der Waals surface area contributed by atoms with Gasteiger partial charge in [0.25, 0.3) is 0 Å². The number of imidazole rings is 1. The molecule has 5 rings (SSSR count). The number of nitrogens with zero attached hydrogens (tertiary/aromatic N) is 4. The molecule has 0 saturated carbocycles. The van der Waals surface area contributed by atoms with Crippen molar-refractivity contribution in [3.05, 3.63) is 60.2 Å². The van der Waals surface area contributed by atoms with Crippen molar-refractivity contribution >= 4 is 33.7 Å². The molecular formula is C24H26N6O. The zero-order valence-electron chi connectivity index (χ0n) is 17.6. The quantitative estimate of drug-likeness (QED) is 0.515. The van der Waals surface area contributed by atoms with Gasteiger partial charge in [-0.25, -0.2) is 15.0 Å². The number of benzene rings is 2. The summed E-state index contributed by atoms with van der Waals surface area (Å²) in [5, 5.41) is 4.31. The molecule has 1 atom stereocenters. The van der Waals surface area contributed by atoms with Gasteiger partial charge in [-0.05, 0) is 44.0 Å². The first kappa shape index (κ1) is 19.5.